The molecule has 166 valence electrons. The zero-order chi connectivity index (χ0) is 23.0. The van der Waals surface area contributed by atoms with E-state index in [9.17, 15) is 19.7 Å². The number of rotatable bonds is 5. The van der Waals surface area contributed by atoms with Crippen LogP contribution in [0.4, 0.5) is 16.2 Å². The van der Waals surface area contributed by atoms with Crippen molar-refractivity contribution in [3.05, 3.63) is 68.4 Å². The predicted molar refractivity (Wildman–Crippen MR) is 114 cm³/mol. The quantitative estimate of drug-likeness (QED) is 0.406. The molecule has 11 heteroatoms. The van der Waals surface area contributed by atoms with Gasteiger partial charge in [-0.25, -0.2) is 9.59 Å². The van der Waals surface area contributed by atoms with Crippen LogP contribution in [0.2, 0.25) is 5.02 Å². The normalized spacial score (nSPS) is 17.3. The van der Waals surface area contributed by atoms with E-state index in [2.05, 4.69) is 5.32 Å². The van der Waals surface area contributed by atoms with E-state index in [0.717, 1.165) is 0 Å². The Morgan fingerprint density at radius 2 is 2.03 bits per heavy atom. The van der Waals surface area contributed by atoms with Gasteiger partial charge in [0.2, 0.25) is 6.79 Å². The molecule has 2 aromatic rings. The first kappa shape index (κ1) is 21.4. The van der Waals surface area contributed by atoms with Crippen LogP contribution in [0.3, 0.4) is 0 Å². The molecule has 0 unspecified atom stereocenters. The number of esters is 1. The van der Waals surface area contributed by atoms with E-state index in [1.54, 1.807) is 32.0 Å². The van der Waals surface area contributed by atoms with E-state index in [0.29, 0.717) is 28.4 Å². The zero-order valence-electron chi connectivity index (χ0n) is 17.1. The summed E-state index contributed by atoms with van der Waals surface area (Å²) in [6, 6.07) is 7.55. The first-order valence-corrected chi connectivity index (χ1v) is 10.0. The number of halogens is 1. The SMILES string of the molecule is CCOC(=O)C1=C(C)N(c2ccc3c(c2)OCO3)C(=O)N[C@@H]1c1ccc(Cl)c([N+](=O)[O-])c1. The fourth-order valence-electron chi connectivity index (χ4n) is 3.65. The number of nitrogens with one attached hydrogen (secondary N) is 1. The smallest absolute Gasteiger partial charge is 0.338 e. The highest BCUT2D eigenvalue weighted by Crippen LogP contribution is 2.40. The number of urea groups is 1. The van der Waals surface area contributed by atoms with Crippen LogP contribution >= 0.6 is 11.6 Å². The van der Waals surface area contributed by atoms with Crippen LogP contribution in [0.5, 0.6) is 11.5 Å². The van der Waals surface area contributed by atoms with Crippen LogP contribution in [-0.2, 0) is 9.53 Å². The summed E-state index contributed by atoms with van der Waals surface area (Å²) in [7, 11) is 0. The molecule has 2 aromatic carbocycles. The molecule has 2 amide bonds. The van der Waals surface area contributed by atoms with Crippen LogP contribution in [-0.4, -0.2) is 30.3 Å². The van der Waals surface area contributed by atoms with Crippen LogP contribution in [0.1, 0.15) is 25.5 Å². The second-order valence-corrected chi connectivity index (χ2v) is 7.35. The van der Waals surface area contributed by atoms with Crippen LogP contribution in [0.15, 0.2) is 47.7 Å². The number of amides is 2. The lowest BCUT2D eigenvalue weighted by molar-refractivity contribution is -0.384. The minimum atomic E-state index is -0.970. The Labute approximate surface area is 187 Å². The second-order valence-electron chi connectivity index (χ2n) is 6.94. The van der Waals surface area contributed by atoms with Crippen LogP contribution in [0.25, 0.3) is 0 Å². The molecule has 0 saturated carbocycles. The Morgan fingerprint density at radius 1 is 1.28 bits per heavy atom. The third-order valence-electron chi connectivity index (χ3n) is 5.09. The van der Waals surface area contributed by atoms with Gasteiger partial charge in [0.05, 0.1) is 28.8 Å². The maximum absolute atomic E-state index is 13.1. The first-order valence-electron chi connectivity index (χ1n) is 9.63. The predicted octanol–water partition coefficient (Wildman–Crippen LogP) is 4.08. The van der Waals surface area contributed by atoms with Crippen molar-refractivity contribution < 1.29 is 28.7 Å². The molecule has 0 saturated heterocycles. The van der Waals surface area contributed by atoms with E-state index >= 15 is 0 Å². The number of hydrogen-bond acceptors (Lipinski definition) is 7. The molecule has 32 heavy (non-hydrogen) atoms. The Balaban J connectivity index is 1.83. The maximum Gasteiger partial charge on any atom is 0.338 e. The molecule has 4 rings (SSSR count). The third kappa shape index (κ3) is 3.69. The Morgan fingerprint density at radius 3 is 2.75 bits per heavy atom. The van der Waals surface area contributed by atoms with Gasteiger partial charge in [-0.2, -0.15) is 0 Å². The Hall–Kier alpha value is -3.79. The lowest BCUT2D eigenvalue weighted by Crippen LogP contribution is -2.48. The molecule has 2 aliphatic rings. The van der Waals surface area contributed by atoms with Crippen LogP contribution < -0.4 is 19.7 Å². The van der Waals surface area contributed by atoms with Crippen molar-refractivity contribution in [2.75, 3.05) is 18.3 Å². The molecule has 0 fully saturated rings. The number of nitro groups is 1. The molecule has 2 aliphatic heterocycles. The van der Waals surface area contributed by atoms with Crippen molar-refractivity contribution in [2.24, 2.45) is 0 Å². The Bertz CT molecular complexity index is 1160. The van der Waals surface area contributed by atoms with E-state index < -0.39 is 23.0 Å². The summed E-state index contributed by atoms with van der Waals surface area (Å²) < 4.78 is 15.9. The minimum Gasteiger partial charge on any atom is -0.463 e. The number of carbonyl (C=O) groups excluding carboxylic acids is 2. The summed E-state index contributed by atoms with van der Waals surface area (Å²) in [5, 5.41) is 14.0. The second kappa shape index (κ2) is 8.39. The maximum atomic E-state index is 13.1. The number of carbonyl (C=O) groups is 2. The molecular weight excluding hydrogens is 442 g/mol. The molecule has 1 N–H and O–H groups in total. The highest BCUT2D eigenvalue weighted by molar-refractivity contribution is 6.32. The van der Waals surface area contributed by atoms with Gasteiger partial charge in [-0.05, 0) is 37.6 Å². The van der Waals surface area contributed by atoms with Crippen molar-refractivity contribution in [1.82, 2.24) is 5.32 Å². The van der Waals surface area contributed by atoms with Gasteiger partial charge in [0.15, 0.2) is 11.5 Å². The molecule has 1 atom stereocenters. The van der Waals surface area contributed by atoms with E-state index in [1.165, 1.54) is 23.1 Å². The number of benzene rings is 2. The zero-order valence-corrected chi connectivity index (χ0v) is 17.8. The number of nitro benzene ring substituents is 1. The molecule has 10 nitrogen and oxygen atoms in total. The average Bonchev–Trinajstić information content (AvgIpc) is 3.21. The largest absolute Gasteiger partial charge is 0.463 e. The van der Waals surface area contributed by atoms with Gasteiger partial charge in [0, 0.05) is 17.8 Å². The van der Waals surface area contributed by atoms with Gasteiger partial charge < -0.3 is 19.5 Å². The average molecular weight is 460 g/mol. The van der Waals surface area contributed by atoms with Gasteiger partial charge in [-0.3, -0.25) is 15.0 Å². The highest BCUT2D eigenvalue weighted by Gasteiger charge is 2.38. The first-order chi connectivity index (χ1) is 15.3. The van der Waals surface area contributed by atoms with Gasteiger partial charge in [-0.1, -0.05) is 17.7 Å². The number of anilines is 1. The van der Waals surface area contributed by atoms with Crippen molar-refractivity contribution in [2.45, 2.75) is 19.9 Å². The minimum absolute atomic E-state index is 0.0544. The molecule has 0 bridgehead atoms. The third-order valence-corrected chi connectivity index (χ3v) is 5.41. The summed E-state index contributed by atoms with van der Waals surface area (Å²) in [4.78, 5) is 38.0. The lowest BCUT2D eigenvalue weighted by atomic mass is 9.94. The van der Waals surface area contributed by atoms with Crippen LogP contribution in [0, 0.1) is 10.1 Å². The van der Waals surface area contributed by atoms with Crippen molar-refractivity contribution in [1.29, 1.82) is 0 Å². The number of nitrogens with zero attached hydrogens (tertiary/aromatic N) is 2. The van der Waals surface area contributed by atoms with E-state index in [4.69, 9.17) is 25.8 Å². The molecule has 0 aromatic heterocycles. The molecule has 2 heterocycles. The summed E-state index contributed by atoms with van der Waals surface area (Å²) in [5.74, 6) is 0.361. The van der Waals surface area contributed by atoms with Gasteiger partial charge in [-0.15, -0.1) is 0 Å². The van der Waals surface area contributed by atoms with Gasteiger partial charge >= 0.3 is 12.0 Å². The molecule has 0 aliphatic carbocycles. The fraction of sp³-hybridized carbons (Fsp3) is 0.238. The molecular formula is C21H18ClN3O7. The van der Waals surface area contributed by atoms with Gasteiger partial charge in [0.1, 0.15) is 5.02 Å². The summed E-state index contributed by atoms with van der Waals surface area (Å²) >= 11 is 5.92. The standard InChI is InChI=1S/C21H18ClN3O7/c1-3-30-20(26)18-11(2)24(13-5-7-16-17(9-13)32-10-31-16)21(27)23-19(18)12-4-6-14(22)15(8-12)25(28)29/h4-9,19H,3,10H2,1-2H3,(H,23,27)/t19-/m1/s1. The lowest BCUT2D eigenvalue weighted by Gasteiger charge is -2.35. The van der Waals surface area contributed by atoms with Crippen molar-refractivity contribution in [3.8, 4) is 11.5 Å². The number of fused-ring (bicyclic) bond motifs is 1. The van der Waals surface area contributed by atoms with E-state index in [-0.39, 0.29) is 29.7 Å². The van der Waals surface area contributed by atoms with Gasteiger partial charge in [0.25, 0.3) is 5.69 Å². The fourth-order valence-corrected chi connectivity index (χ4v) is 3.84. The topological polar surface area (TPSA) is 120 Å². The molecule has 0 radical (unpaired) electrons. The summed E-state index contributed by atoms with van der Waals surface area (Å²) in [5.41, 5.74) is 0.889. The number of hydrogen-bond donors (Lipinski definition) is 1. The number of ether oxygens (including phenoxy) is 3. The summed E-state index contributed by atoms with van der Waals surface area (Å²) in [6.07, 6.45) is 0. The monoisotopic (exact) mass is 459 g/mol. The highest BCUT2D eigenvalue weighted by atomic mass is 35.5. The molecule has 0 spiro atoms. The summed E-state index contributed by atoms with van der Waals surface area (Å²) in [6.45, 7) is 3.45. The van der Waals surface area contributed by atoms with E-state index in [1.807, 2.05) is 0 Å². The van der Waals surface area contributed by atoms with Crippen molar-refractivity contribution >= 4 is 35.0 Å². The Kier molecular flexibility index (Phi) is 5.62. The van der Waals surface area contributed by atoms with Crippen molar-refractivity contribution in [3.63, 3.8) is 0 Å². The number of allylic oxidation sites excluding steroid dienone is 1.